The van der Waals surface area contributed by atoms with E-state index in [4.69, 9.17) is 9.15 Å². The van der Waals surface area contributed by atoms with Gasteiger partial charge in [0, 0.05) is 24.9 Å². The minimum absolute atomic E-state index is 0.130. The number of hydrogen-bond donors (Lipinski definition) is 1. The zero-order valence-electron chi connectivity index (χ0n) is 18.2. The fraction of sp³-hybridized carbons (Fsp3) is 0.346. The lowest BCUT2D eigenvalue weighted by molar-refractivity contribution is -0.101. The monoisotopic (exact) mass is 419 g/mol. The highest BCUT2D eigenvalue weighted by Crippen LogP contribution is 2.42. The SMILES string of the molecule is C[C@@H](c1ccc(-c2ccco2)cc1)N1CC[C@](CC(C)(C)O)(c2ccccc2)OC1=O. The maximum absolute atomic E-state index is 13.1. The van der Waals surface area contributed by atoms with Crippen LogP contribution >= 0.6 is 0 Å². The zero-order chi connectivity index (χ0) is 22.1. The first-order valence-corrected chi connectivity index (χ1v) is 10.7. The second kappa shape index (κ2) is 8.23. The molecule has 0 radical (unpaired) electrons. The minimum atomic E-state index is -0.967. The molecule has 0 saturated carbocycles. The summed E-state index contributed by atoms with van der Waals surface area (Å²) in [5, 5.41) is 10.5. The van der Waals surface area contributed by atoms with E-state index in [2.05, 4.69) is 0 Å². The number of amides is 1. The van der Waals surface area contributed by atoms with Crippen LogP contribution in [0.4, 0.5) is 4.79 Å². The van der Waals surface area contributed by atoms with E-state index in [-0.39, 0.29) is 12.1 Å². The van der Waals surface area contributed by atoms with E-state index in [0.717, 1.165) is 22.5 Å². The number of rotatable bonds is 6. The molecule has 5 heteroatoms. The van der Waals surface area contributed by atoms with Gasteiger partial charge in [0.15, 0.2) is 0 Å². The van der Waals surface area contributed by atoms with Crippen molar-refractivity contribution in [1.82, 2.24) is 4.90 Å². The van der Waals surface area contributed by atoms with Gasteiger partial charge in [0.05, 0.1) is 17.9 Å². The fourth-order valence-electron chi connectivity index (χ4n) is 4.44. The highest BCUT2D eigenvalue weighted by molar-refractivity contribution is 5.70. The third-order valence-electron chi connectivity index (χ3n) is 5.96. The van der Waals surface area contributed by atoms with Crippen LogP contribution in [-0.2, 0) is 10.3 Å². The van der Waals surface area contributed by atoms with E-state index in [1.807, 2.05) is 73.7 Å². The Morgan fingerprint density at radius 2 is 1.77 bits per heavy atom. The molecular formula is C26H29NO4. The summed E-state index contributed by atoms with van der Waals surface area (Å²) in [6.45, 7) is 6.06. The van der Waals surface area contributed by atoms with E-state index >= 15 is 0 Å². The third-order valence-corrected chi connectivity index (χ3v) is 5.96. The zero-order valence-corrected chi connectivity index (χ0v) is 18.2. The summed E-state index contributed by atoms with van der Waals surface area (Å²) in [6, 6.07) is 21.4. The van der Waals surface area contributed by atoms with Gasteiger partial charge >= 0.3 is 6.09 Å². The molecule has 1 aliphatic heterocycles. The molecule has 1 aliphatic rings. The van der Waals surface area contributed by atoms with Crippen LogP contribution in [0.2, 0.25) is 0 Å². The Hall–Kier alpha value is -3.05. The number of nitrogens with zero attached hydrogens (tertiary/aromatic N) is 1. The lowest BCUT2D eigenvalue weighted by atomic mass is 9.80. The summed E-state index contributed by atoms with van der Waals surface area (Å²) in [4.78, 5) is 14.9. The van der Waals surface area contributed by atoms with Gasteiger partial charge < -0.3 is 19.2 Å². The molecular weight excluding hydrogens is 390 g/mol. The second-order valence-electron chi connectivity index (χ2n) is 8.94. The first kappa shape index (κ1) is 21.2. The molecule has 0 spiro atoms. The molecule has 2 atom stereocenters. The highest BCUT2D eigenvalue weighted by Gasteiger charge is 2.46. The summed E-state index contributed by atoms with van der Waals surface area (Å²) >= 11 is 0. The van der Waals surface area contributed by atoms with Gasteiger partial charge in [-0.05, 0) is 44.0 Å². The Morgan fingerprint density at radius 3 is 2.35 bits per heavy atom. The highest BCUT2D eigenvalue weighted by atomic mass is 16.6. The third kappa shape index (κ3) is 4.52. The molecule has 0 bridgehead atoms. The number of carbonyl (C=O) groups excluding carboxylic acids is 1. The van der Waals surface area contributed by atoms with Crippen molar-refractivity contribution in [2.24, 2.45) is 0 Å². The van der Waals surface area contributed by atoms with Gasteiger partial charge in [0.1, 0.15) is 11.4 Å². The number of benzene rings is 2. The molecule has 0 aliphatic carbocycles. The lowest BCUT2D eigenvalue weighted by Crippen LogP contribution is -2.51. The van der Waals surface area contributed by atoms with E-state index in [9.17, 15) is 9.90 Å². The summed E-state index contributed by atoms with van der Waals surface area (Å²) in [5.41, 5.74) is 1.14. The Kier molecular flexibility index (Phi) is 5.63. The predicted molar refractivity (Wildman–Crippen MR) is 119 cm³/mol. The number of ether oxygens (including phenoxy) is 1. The standard InChI is InChI=1S/C26H29NO4/c1-19(20-11-13-21(14-12-20)23-10-7-17-30-23)27-16-15-26(31-24(27)28,18-25(2,3)29)22-8-5-4-6-9-22/h4-14,17,19,29H,15-16,18H2,1-3H3/t19-,26-/m0/s1. The van der Waals surface area contributed by atoms with Crippen LogP contribution in [0.3, 0.4) is 0 Å². The maximum Gasteiger partial charge on any atom is 0.411 e. The number of cyclic esters (lactones) is 1. The topological polar surface area (TPSA) is 62.9 Å². The van der Waals surface area contributed by atoms with Crippen molar-refractivity contribution < 1.29 is 19.1 Å². The van der Waals surface area contributed by atoms with Gasteiger partial charge in [0.2, 0.25) is 0 Å². The van der Waals surface area contributed by atoms with Crippen molar-refractivity contribution in [3.8, 4) is 11.3 Å². The quantitative estimate of drug-likeness (QED) is 0.540. The number of hydrogen-bond acceptors (Lipinski definition) is 4. The van der Waals surface area contributed by atoms with Crippen LogP contribution in [0.15, 0.2) is 77.4 Å². The molecule has 0 unspecified atom stereocenters. The van der Waals surface area contributed by atoms with E-state index in [1.54, 1.807) is 25.0 Å². The predicted octanol–water partition coefficient (Wildman–Crippen LogP) is 5.91. The molecule has 1 saturated heterocycles. The molecule has 1 amide bonds. The van der Waals surface area contributed by atoms with Crippen LogP contribution in [0.1, 0.15) is 50.8 Å². The van der Waals surface area contributed by atoms with Crippen molar-refractivity contribution in [1.29, 1.82) is 0 Å². The number of furan rings is 1. The van der Waals surface area contributed by atoms with Gasteiger partial charge in [-0.3, -0.25) is 0 Å². The first-order valence-electron chi connectivity index (χ1n) is 10.7. The molecule has 5 nitrogen and oxygen atoms in total. The second-order valence-corrected chi connectivity index (χ2v) is 8.94. The molecule has 1 N–H and O–H groups in total. The van der Waals surface area contributed by atoms with Crippen molar-refractivity contribution >= 4 is 6.09 Å². The van der Waals surface area contributed by atoms with E-state index < -0.39 is 11.2 Å². The molecule has 31 heavy (non-hydrogen) atoms. The fourth-order valence-corrected chi connectivity index (χ4v) is 4.44. The van der Waals surface area contributed by atoms with Crippen LogP contribution < -0.4 is 0 Å². The van der Waals surface area contributed by atoms with Gasteiger partial charge in [-0.15, -0.1) is 0 Å². The minimum Gasteiger partial charge on any atom is -0.464 e. The van der Waals surface area contributed by atoms with Gasteiger partial charge in [-0.1, -0.05) is 54.6 Å². The molecule has 1 fully saturated rings. The van der Waals surface area contributed by atoms with Crippen molar-refractivity contribution in [2.75, 3.05) is 6.54 Å². The number of aliphatic hydroxyl groups is 1. The maximum atomic E-state index is 13.1. The smallest absolute Gasteiger partial charge is 0.411 e. The average molecular weight is 420 g/mol. The Labute approximate surface area is 183 Å². The van der Waals surface area contributed by atoms with Crippen LogP contribution in [0.5, 0.6) is 0 Å². The normalized spacial score (nSPS) is 20.4. The number of carbonyl (C=O) groups is 1. The van der Waals surface area contributed by atoms with Crippen LogP contribution in [-0.4, -0.2) is 28.2 Å². The van der Waals surface area contributed by atoms with E-state index in [1.165, 1.54) is 0 Å². The molecule has 3 aromatic rings. The molecule has 2 heterocycles. The summed E-state index contributed by atoms with van der Waals surface area (Å²) in [5.74, 6) is 0.816. The van der Waals surface area contributed by atoms with Gasteiger partial charge in [0.25, 0.3) is 0 Å². The summed E-state index contributed by atoms with van der Waals surface area (Å²) in [6.07, 6.45) is 2.25. The molecule has 162 valence electrons. The van der Waals surface area contributed by atoms with Crippen molar-refractivity contribution in [3.63, 3.8) is 0 Å². The van der Waals surface area contributed by atoms with Gasteiger partial charge in [-0.2, -0.15) is 0 Å². The molecule has 2 aromatic carbocycles. The Balaban J connectivity index is 1.54. The largest absolute Gasteiger partial charge is 0.464 e. The van der Waals surface area contributed by atoms with Gasteiger partial charge in [-0.25, -0.2) is 4.79 Å². The Morgan fingerprint density at radius 1 is 1.06 bits per heavy atom. The Bertz CT molecular complexity index is 1010. The van der Waals surface area contributed by atoms with E-state index in [0.29, 0.717) is 19.4 Å². The summed E-state index contributed by atoms with van der Waals surface area (Å²) in [7, 11) is 0. The average Bonchev–Trinajstić information content (AvgIpc) is 3.28. The van der Waals surface area contributed by atoms with Crippen LogP contribution in [0, 0.1) is 0 Å². The van der Waals surface area contributed by atoms with Crippen molar-refractivity contribution in [3.05, 3.63) is 84.1 Å². The lowest BCUT2D eigenvalue weighted by Gasteiger charge is -2.45. The molecule has 1 aromatic heterocycles. The van der Waals surface area contributed by atoms with Crippen LogP contribution in [0.25, 0.3) is 11.3 Å². The molecule has 4 rings (SSSR count). The first-order chi connectivity index (χ1) is 14.8. The summed E-state index contributed by atoms with van der Waals surface area (Å²) < 4.78 is 11.5. The van der Waals surface area contributed by atoms with Crippen molar-refractivity contribution in [2.45, 2.75) is 50.9 Å².